The molecule has 142 valence electrons. The molecule has 0 spiro atoms. The van der Waals surface area contributed by atoms with Crippen LogP contribution in [0.5, 0.6) is 0 Å². The van der Waals surface area contributed by atoms with E-state index in [0.717, 1.165) is 30.6 Å². The third-order valence-electron chi connectivity index (χ3n) is 5.61. The fourth-order valence-corrected chi connectivity index (χ4v) is 3.86. The van der Waals surface area contributed by atoms with Gasteiger partial charge in [-0.05, 0) is 24.0 Å². The number of hydrogen-bond donors (Lipinski definition) is 2. The molecule has 2 amide bonds. The van der Waals surface area contributed by atoms with Crippen LogP contribution < -0.4 is 5.32 Å². The van der Waals surface area contributed by atoms with Gasteiger partial charge in [-0.1, -0.05) is 38.5 Å². The molecule has 6 heteroatoms. The summed E-state index contributed by atoms with van der Waals surface area (Å²) in [5, 5.41) is 12.7. The Morgan fingerprint density at radius 2 is 2.15 bits per heavy atom. The van der Waals surface area contributed by atoms with E-state index in [1.54, 1.807) is 4.90 Å². The molecule has 0 aliphatic carbocycles. The van der Waals surface area contributed by atoms with Crippen molar-refractivity contribution in [3.05, 3.63) is 29.8 Å². The first-order valence-electron chi connectivity index (χ1n) is 9.58. The maximum atomic E-state index is 13.0. The number of para-hydroxylation sites is 1. The van der Waals surface area contributed by atoms with E-state index in [1.165, 1.54) is 0 Å². The maximum absolute atomic E-state index is 13.0. The van der Waals surface area contributed by atoms with Crippen LogP contribution in [0.15, 0.2) is 24.3 Å². The van der Waals surface area contributed by atoms with Crippen molar-refractivity contribution < 1.29 is 14.7 Å². The van der Waals surface area contributed by atoms with E-state index in [0.29, 0.717) is 26.1 Å². The lowest BCUT2D eigenvalue weighted by Gasteiger charge is -2.33. The molecule has 1 saturated heterocycles. The summed E-state index contributed by atoms with van der Waals surface area (Å²) in [5.74, 6) is -0.0142. The molecular weight excluding hydrogens is 330 g/mol. The summed E-state index contributed by atoms with van der Waals surface area (Å²) in [6.07, 6.45) is 1.68. The van der Waals surface area contributed by atoms with Gasteiger partial charge in [-0.15, -0.1) is 0 Å². The second-order valence-corrected chi connectivity index (χ2v) is 7.49. The molecule has 2 N–H and O–H groups in total. The number of carbonyl (C=O) groups is 2. The standard InChI is InChI=1S/C20H29N3O3/c1-3-14(2)19-20(26)21-17-7-5-4-6-15(17)12-23(19)18(25)9-11-22-10-8-16(24)13-22/h4-7,14,16,19,24H,3,8-13H2,1-2H3,(H,21,26)/t14-,16-,19-/m0/s1. The van der Waals surface area contributed by atoms with E-state index in [2.05, 4.69) is 10.2 Å². The number of aliphatic hydroxyl groups is 1. The van der Waals surface area contributed by atoms with E-state index in [9.17, 15) is 14.7 Å². The number of β-amino-alcohol motifs (C(OH)–C–C–N with tert-alkyl or cyclic N) is 1. The molecule has 26 heavy (non-hydrogen) atoms. The van der Waals surface area contributed by atoms with Gasteiger partial charge in [-0.2, -0.15) is 0 Å². The summed E-state index contributed by atoms with van der Waals surface area (Å²) in [4.78, 5) is 29.7. The molecule has 1 aromatic carbocycles. The molecule has 2 heterocycles. The topological polar surface area (TPSA) is 72.9 Å². The number of amides is 2. The average Bonchev–Trinajstić information content (AvgIpc) is 2.98. The molecular formula is C20H29N3O3. The number of carbonyl (C=O) groups excluding carboxylic acids is 2. The van der Waals surface area contributed by atoms with Crippen molar-refractivity contribution in [3.63, 3.8) is 0 Å². The molecule has 0 bridgehead atoms. The number of fused-ring (bicyclic) bond motifs is 1. The summed E-state index contributed by atoms with van der Waals surface area (Å²) in [6.45, 7) is 6.60. The molecule has 2 aliphatic heterocycles. The van der Waals surface area contributed by atoms with Crippen LogP contribution in [0.1, 0.15) is 38.7 Å². The average molecular weight is 359 g/mol. The van der Waals surface area contributed by atoms with Gasteiger partial charge in [0.05, 0.1) is 6.10 Å². The minimum Gasteiger partial charge on any atom is -0.392 e. The zero-order valence-corrected chi connectivity index (χ0v) is 15.6. The smallest absolute Gasteiger partial charge is 0.247 e. The van der Waals surface area contributed by atoms with Crippen molar-refractivity contribution in [3.8, 4) is 0 Å². The van der Waals surface area contributed by atoms with Gasteiger partial charge in [0.25, 0.3) is 0 Å². The second-order valence-electron chi connectivity index (χ2n) is 7.49. The molecule has 1 fully saturated rings. The van der Waals surface area contributed by atoms with Crippen molar-refractivity contribution in [1.82, 2.24) is 9.80 Å². The second kappa shape index (κ2) is 8.18. The Hall–Kier alpha value is -1.92. The molecule has 6 nitrogen and oxygen atoms in total. The lowest BCUT2D eigenvalue weighted by atomic mass is 9.96. The first-order valence-corrected chi connectivity index (χ1v) is 9.58. The van der Waals surface area contributed by atoms with Gasteiger partial charge in [0.2, 0.25) is 11.8 Å². The molecule has 1 aromatic rings. The first kappa shape index (κ1) is 18.9. The number of likely N-dealkylation sites (tertiary alicyclic amines) is 1. The quantitative estimate of drug-likeness (QED) is 0.841. The van der Waals surface area contributed by atoms with Gasteiger partial charge in [0, 0.05) is 38.3 Å². The highest BCUT2D eigenvalue weighted by Crippen LogP contribution is 2.27. The van der Waals surface area contributed by atoms with Crippen molar-refractivity contribution in [2.24, 2.45) is 5.92 Å². The largest absolute Gasteiger partial charge is 0.392 e. The zero-order valence-electron chi connectivity index (χ0n) is 15.6. The summed E-state index contributed by atoms with van der Waals surface area (Å²) in [5.41, 5.74) is 1.76. The van der Waals surface area contributed by atoms with Crippen LogP contribution in [-0.2, 0) is 16.1 Å². The van der Waals surface area contributed by atoms with Crippen molar-refractivity contribution in [2.45, 2.75) is 51.8 Å². The fraction of sp³-hybridized carbons (Fsp3) is 0.600. The van der Waals surface area contributed by atoms with Crippen molar-refractivity contribution in [2.75, 3.05) is 25.0 Å². The zero-order chi connectivity index (χ0) is 18.7. The van der Waals surface area contributed by atoms with Crippen LogP contribution >= 0.6 is 0 Å². The van der Waals surface area contributed by atoms with E-state index in [-0.39, 0.29) is 23.8 Å². The highest BCUT2D eigenvalue weighted by molar-refractivity contribution is 5.99. The van der Waals surface area contributed by atoms with Crippen molar-refractivity contribution >= 4 is 17.5 Å². The van der Waals surface area contributed by atoms with Gasteiger partial charge in [0.15, 0.2) is 0 Å². The van der Waals surface area contributed by atoms with Gasteiger partial charge >= 0.3 is 0 Å². The predicted octanol–water partition coefficient (Wildman–Crippen LogP) is 1.84. The first-order chi connectivity index (χ1) is 12.5. The Balaban J connectivity index is 1.77. The molecule has 0 saturated carbocycles. The Morgan fingerprint density at radius 1 is 1.38 bits per heavy atom. The number of benzene rings is 1. The number of rotatable bonds is 5. The highest BCUT2D eigenvalue weighted by atomic mass is 16.3. The van der Waals surface area contributed by atoms with Crippen LogP contribution in [0, 0.1) is 5.92 Å². The Bertz CT molecular complexity index is 663. The van der Waals surface area contributed by atoms with Crippen LogP contribution in [0.3, 0.4) is 0 Å². The third-order valence-corrected chi connectivity index (χ3v) is 5.61. The van der Waals surface area contributed by atoms with E-state index in [4.69, 9.17) is 0 Å². The van der Waals surface area contributed by atoms with Crippen LogP contribution in [0.25, 0.3) is 0 Å². The summed E-state index contributed by atoms with van der Waals surface area (Å²) in [7, 11) is 0. The number of nitrogens with zero attached hydrogens (tertiary/aromatic N) is 2. The minimum absolute atomic E-state index is 0.00328. The fourth-order valence-electron chi connectivity index (χ4n) is 3.86. The number of anilines is 1. The summed E-state index contributed by atoms with van der Waals surface area (Å²) in [6, 6.07) is 7.23. The molecule has 0 unspecified atom stereocenters. The Morgan fingerprint density at radius 3 is 2.85 bits per heavy atom. The summed E-state index contributed by atoms with van der Waals surface area (Å²) < 4.78 is 0. The molecule has 0 radical (unpaired) electrons. The molecule has 3 rings (SSSR count). The minimum atomic E-state index is -0.455. The SMILES string of the molecule is CC[C@H](C)[C@H]1C(=O)Nc2ccccc2CN1C(=O)CCN1CC[C@H](O)C1. The lowest BCUT2D eigenvalue weighted by Crippen LogP contribution is -2.49. The van der Waals surface area contributed by atoms with E-state index >= 15 is 0 Å². The third kappa shape index (κ3) is 4.07. The van der Waals surface area contributed by atoms with Gasteiger partial charge in [0.1, 0.15) is 6.04 Å². The molecule has 0 aromatic heterocycles. The Kier molecular flexibility index (Phi) is 5.94. The lowest BCUT2D eigenvalue weighted by molar-refractivity contribution is -0.141. The van der Waals surface area contributed by atoms with Crippen molar-refractivity contribution in [1.29, 1.82) is 0 Å². The number of aliphatic hydroxyl groups excluding tert-OH is 1. The van der Waals surface area contributed by atoms with E-state index < -0.39 is 6.04 Å². The molecule has 2 aliphatic rings. The van der Waals surface area contributed by atoms with Crippen LogP contribution in [0.2, 0.25) is 0 Å². The molecule has 3 atom stereocenters. The number of hydrogen-bond acceptors (Lipinski definition) is 4. The van der Waals surface area contributed by atoms with E-state index in [1.807, 2.05) is 38.1 Å². The van der Waals surface area contributed by atoms with Gasteiger partial charge in [-0.25, -0.2) is 0 Å². The van der Waals surface area contributed by atoms with Gasteiger partial charge in [-0.3, -0.25) is 9.59 Å². The van der Waals surface area contributed by atoms with Crippen LogP contribution in [0.4, 0.5) is 5.69 Å². The maximum Gasteiger partial charge on any atom is 0.247 e. The Labute approximate surface area is 155 Å². The summed E-state index contributed by atoms with van der Waals surface area (Å²) >= 11 is 0. The number of nitrogens with one attached hydrogen (secondary N) is 1. The normalized spacial score (nSPS) is 24.7. The van der Waals surface area contributed by atoms with Gasteiger partial charge < -0.3 is 20.2 Å². The predicted molar refractivity (Wildman–Crippen MR) is 101 cm³/mol. The van der Waals surface area contributed by atoms with Crippen LogP contribution in [-0.4, -0.2) is 58.5 Å². The monoisotopic (exact) mass is 359 g/mol. The highest BCUT2D eigenvalue weighted by Gasteiger charge is 2.36.